The van der Waals surface area contributed by atoms with Crippen molar-refractivity contribution in [1.29, 1.82) is 0 Å². The monoisotopic (exact) mass is 296 g/mol. The average Bonchev–Trinajstić information content (AvgIpc) is 2.73. The van der Waals surface area contributed by atoms with Crippen LogP contribution in [0.25, 0.3) is 11.3 Å². The fourth-order valence-corrected chi connectivity index (χ4v) is 3.15. The Bertz CT molecular complexity index is 526. The number of nitrogens with one attached hydrogen (secondary N) is 1. The molecule has 1 aromatic carbocycles. The lowest BCUT2D eigenvalue weighted by Gasteiger charge is -2.08. The number of benzene rings is 1. The molecule has 1 aromatic heterocycles. The molecule has 0 saturated heterocycles. The fraction of sp³-hybridized carbons (Fsp3) is 0.400. The van der Waals surface area contributed by atoms with E-state index >= 15 is 0 Å². The minimum atomic E-state index is 0. The van der Waals surface area contributed by atoms with Gasteiger partial charge >= 0.3 is 0 Å². The first-order chi connectivity index (χ1) is 8.61. The van der Waals surface area contributed by atoms with Crippen LogP contribution in [0, 0.1) is 20.8 Å². The number of nitrogens with zero attached hydrogens (tertiary/aromatic N) is 1. The van der Waals surface area contributed by atoms with E-state index in [0.29, 0.717) is 0 Å². The van der Waals surface area contributed by atoms with Gasteiger partial charge in [-0.15, -0.1) is 23.7 Å². The van der Waals surface area contributed by atoms with Crippen LogP contribution in [0.3, 0.4) is 0 Å². The van der Waals surface area contributed by atoms with E-state index in [1.165, 1.54) is 27.3 Å². The molecule has 0 amide bonds. The first-order valence-corrected chi connectivity index (χ1v) is 7.17. The summed E-state index contributed by atoms with van der Waals surface area (Å²) in [6.45, 7) is 7.46. The van der Waals surface area contributed by atoms with Crippen molar-refractivity contribution in [2.24, 2.45) is 0 Å². The summed E-state index contributed by atoms with van der Waals surface area (Å²) in [6.07, 6.45) is 1.01. The number of likely N-dealkylation sites (N-methyl/N-ethyl adjacent to an activating group) is 1. The lowest BCUT2D eigenvalue weighted by atomic mass is 9.98. The zero-order valence-corrected chi connectivity index (χ0v) is 13.5. The van der Waals surface area contributed by atoms with Gasteiger partial charge in [-0.05, 0) is 38.9 Å². The predicted octanol–water partition coefficient (Wildman–Crippen LogP) is 3.92. The van der Waals surface area contributed by atoms with Gasteiger partial charge in [-0.1, -0.05) is 17.7 Å². The van der Waals surface area contributed by atoms with Crippen LogP contribution in [0.1, 0.15) is 21.7 Å². The molecule has 0 unspecified atom stereocenters. The standard InChI is InChI=1S/C15H20N2S.ClH/c1-10-7-11(2)15(12(3)8-10)13-9-18-14(17-13)5-6-16-4;/h7-9,16H,5-6H2,1-4H3;1H. The zero-order chi connectivity index (χ0) is 13.1. The van der Waals surface area contributed by atoms with E-state index < -0.39 is 0 Å². The molecule has 104 valence electrons. The van der Waals surface area contributed by atoms with Crippen LogP contribution < -0.4 is 5.32 Å². The Labute approximate surface area is 125 Å². The molecule has 1 N–H and O–H groups in total. The highest BCUT2D eigenvalue weighted by molar-refractivity contribution is 7.09. The minimum absolute atomic E-state index is 0. The maximum absolute atomic E-state index is 4.75. The van der Waals surface area contributed by atoms with Gasteiger partial charge in [0.2, 0.25) is 0 Å². The normalized spacial score (nSPS) is 10.3. The molecule has 0 aliphatic rings. The molecule has 0 atom stereocenters. The van der Waals surface area contributed by atoms with Crippen molar-refractivity contribution in [2.45, 2.75) is 27.2 Å². The first kappa shape index (κ1) is 16.2. The van der Waals surface area contributed by atoms with E-state index in [9.17, 15) is 0 Å². The average molecular weight is 297 g/mol. The third-order valence-electron chi connectivity index (χ3n) is 3.07. The van der Waals surface area contributed by atoms with Gasteiger partial charge in [0.05, 0.1) is 10.7 Å². The Balaban J connectivity index is 0.00000180. The quantitative estimate of drug-likeness (QED) is 0.925. The van der Waals surface area contributed by atoms with Crippen molar-refractivity contribution in [2.75, 3.05) is 13.6 Å². The lowest BCUT2D eigenvalue weighted by Crippen LogP contribution is -2.10. The van der Waals surface area contributed by atoms with Crippen LogP contribution in [0.15, 0.2) is 17.5 Å². The van der Waals surface area contributed by atoms with Gasteiger partial charge in [-0.2, -0.15) is 0 Å². The molecule has 0 bridgehead atoms. The SMILES string of the molecule is CNCCc1nc(-c2c(C)cc(C)cc2C)cs1.Cl. The number of hydrogen-bond acceptors (Lipinski definition) is 3. The second kappa shape index (κ2) is 7.04. The molecule has 0 spiro atoms. The van der Waals surface area contributed by atoms with E-state index in [4.69, 9.17) is 4.98 Å². The molecule has 0 fully saturated rings. The molecule has 1 heterocycles. The third-order valence-corrected chi connectivity index (χ3v) is 3.98. The molecule has 0 aliphatic heterocycles. The molecule has 2 nitrogen and oxygen atoms in total. The van der Waals surface area contributed by atoms with Crippen molar-refractivity contribution in [3.05, 3.63) is 39.2 Å². The summed E-state index contributed by atoms with van der Waals surface area (Å²) in [6, 6.07) is 4.46. The van der Waals surface area contributed by atoms with Crippen molar-refractivity contribution >= 4 is 23.7 Å². The Hall–Kier alpha value is -0.900. The van der Waals surface area contributed by atoms with Gasteiger partial charge in [0, 0.05) is 23.9 Å². The fourth-order valence-electron chi connectivity index (χ4n) is 2.36. The second-order valence-electron chi connectivity index (χ2n) is 4.75. The molecular weight excluding hydrogens is 276 g/mol. The maximum atomic E-state index is 4.75. The Morgan fingerprint density at radius 1 is 1.16 bits per heavy atom. The summed E-state index contributed by atoms with van der Waals surface area (Å²) >= 11 is 1.75. The van der Waals surface area contributed by atoms with Gasteiger partial charge in [0.15, 0.2) is 0 Å². The summed E-state index contributed by atoms with van der Waals surface area (Å²) in [4.78, 5) is 4.75. The minimum Gasteiger partial charge on any atom is -0.319 e. The predicted molar refractivity (Wildman–Crippen MR) is 86.6 cm³/mol. The van der Waals surface area contributed by atoms with Crippen LogP contribution in [0.5, 0.6) is 0 Å². The number of aryl methyl sites for hydroxylation is 3. The third kappa shape index (κ3) is 3.78. The number of hydrogen-bond donors (Lipinski definition) is 1. The first-order valence-electron chi connectivity index (χ1n) is 6.29. The van der Waals surface area contributed by atoms with Crippen LogP contribution in [0.4, 0.5) is 0 Å². The number of halogens is 1. The number of rotatable bonds is 4. The van der Waals surface area contributed by atoms with Gasteiger partial charge in [0.1, 0.15) is 0 Å². The molecule has 4 heteroatoms. The van der Waals surface area contributed by atoms with Gasteiger partial charge < -0.3 is 5.32 Å². The maximum Gasteiger partial charge on any atom is 0.0945 e. The van der Waals surface area contributed by atoms with Crippen LogP contribution in [0.2, 0.25) is 0 Å². The van der Waals surface area contributed by atoms with Crippen molar-refractivity contribution in [3.8, 4) is 11.3 Å². The van der Waals surface area contributed by atoms with Crippen LogP contribution in [-0.4, -0.2) is 18.6 Å². The largest absolute Gasteiger partial charge is 0.319 e. The van der Waals surface area contributed by atoms with Crippen LogP contribution >= 0.6 is 23.7 Å². The van der Waals surface area contributed by atoms with E-state index in [1.807, 2.05) is 7.05 Å². The molecule has 0 aliphatic carbocycles. The van der Waals surface area contributed by atoms with Gasteiger partial charge in [-0.25, -0.2) is 4.98 Å². The van der Waals surface area contributed by atoms with Gasteiger partial charge in [-0.3, -0.25) is 0 Å². The summed E-state index contributed by atoms with van der Waals surface area (Å²) in [7, 11) is 1.97. The highest BCUT2D eigenvalue weighted by Gasteiger charge is 2.10. The number of aromatic nitrogens is 1. The topological polar surface area (TPSA) is 24.9 Å². The Kier molecular flexibility index (Phi) is 5.98. The van der Waals surface area contributed by atoms with Crippen molar-refractivity contribution < 1.29 is 0 Å². The Morgan fingerprint density at radius 3 is 2.37 bits per heavy atom. The zero-order valence-electron chi connectivity index (χ0n) is 11.9. The highest BCUT2D eigenvalue weighted by Crippen LogP contribution is 2.29. The molecule has 0 radical (unpaired) electrons. The van der Waals surface area contributed by atoms with Crippen molar-refractivity contribution in [3.63, 3.8) is 0 Å². The Morgan fingerprint density at radius 2 is 1.79 bits per heavy atom. The second-order valence-corrected chi connectivity index (χ2v) is 5.70. The summed E-state index contributed by atoms with van der Waals surface area (Å²) in [5.74, 6) is 0. The molecule has 19 heavy (non-hydrogen) atoms. The van der Waals surface area contributed by atoms with Gasteiger partial charge in [0.25, 0.3) is 0 Å². The number of thiazole rings is 1. The molecule has 2 aromatic rings. The summed E-state index contributed by atoms with van der Waals surface area (Å²) in [5.41, 5.74) is 6.38. The molecular formula is C15H21ClN2S. The van der Waals surface area contributed by atoms with Crippen LogP contribution in [-0.2, 0) is 6.42 Å². The lowest BCUT2D eigenvalue weighted by molar-refractivity contribution is 0.788. The van der Waals surface area contributed by atoms with E-state index in [0.717, 1.165) is 18.7 Å². The summed E-state index contributed by atoms with van der Waals surface area (Å²) < 4.78 is 0. The van der Waals surface area contributed by atoms with E-state index in [2.05, 4.69) is 43.6 Å². The van der Waals surface area contributed by atoms with E-state index in [-0.39, 0.29) is 12.4 Å². The molecule has 0 saturated carbocycles. The molecule has 2 rings (SSSR count). The van der Waals surface area contributed by atoms with Crippen molar-refractivity contribution in [1.82, 2.24) is 10.3 Å². The summed E-state index contributed by atoms with van der Waals surface area (Å²) in [5, 5.41) is 6.55. The smallest absolute Gasteiger partial charge is 0.0945 e. The highest BCUT2D eigenvalue weighted by atomic mass is 35.5. The van der Waals surface area contributed by atoms with E-state index in [1.54, 1.807) is 11.3 Å².